The average molecular weight is 397 g/mol. The topological polar surface area (TPSA) is 72.6 Å². The van der Waals surface area contributed by atoms with Gasteiger partial charge in [0.2, 0.25) is 0 Å². The second kappa shape index (κ2) is 7.23. The summed E-state index contributed by atoms with van der Waals surface area (Å²) in [5, 5.41) is 1.67. The highest BCUT2D eigenvalue weighted by Crippen LogP contribution is 2.37. The van der Waals surface area contributed by atoms with Crippen LogP contribution >= 0.6 is 15.9 Å². The average Bonchev–Trinajstić information content (AvgIpc) is 2.89. The molecule has 0 radical (unpaired) electrons. The summed E-state index contributed by atoms with van der Waals surface area (Å²) in [5.74, 6) is -0.397. The van der Waals surface area contributed by atoms with Gasteiger partial charge < -0.3 is 10.6 Å². The Labute approximate surface area is 151 Å². The van der Waals surface area contributed by atoms with Crippen LogP contribution in [0, 0.1) is 11.3 Å². The molecule has 1 aromatic rings. The molecule has 132 valence electrons. The van der Waals surface area contributed by atoms with Crippen LogP contribution in [0.25, 0.3) is 0 Å². The highest BCUT2D eigenvalue weighted by Gasteiger charge is 2.37. The molecule has 2 atom stereocenters. The number of benzene rings is 1. The summed E-state index contributed by atoms with van der Waals surface area (Å²) >= 11 is 3.44. The summed E-state index contributed by atoms with van der Waals surface area (Å²) in [6.45, 7) is 8.23. The van der Waals surface area contributed by atoms with Crippen molar-refractivity contribution in [3.8, 4) is 0 Å². The Morgan fingerprint density at radius 2 is 2.04 bits per heavy atom. The van der Waals surface area contributed by atoms with Crippen molar-refractivity contribution in [1.82, 2.24) is 5.06 Å². The van der Waals surface area contributed by atoms with Gasteiger partial charge in [0, 0.05) is 29.2 Å². The van der Waals surface area contributed by atoms with E-state index in [4.69, 9.17) is 10.6 Å². The molecule has 0 bridgehead atoms. The van der Waals surface area contributed by atoms with Gasteiger partial charge in [-0.05, 0) is 63.8 Å². The number of carbonyl (C=O) groups is 2. The molecule has 1 aliphatic heterocycles. The minimum absolute atomic E-state index is 0.0758. The van der Waals surface area contributed by atoms with Crippen LogP contribution in [0.3, 0.4) is 0 Å². The first-order valence-electron chi connectivity index (χ1n) is 8.12. The lowest BCUT2D eigenvalue weighted by atomic mass is 9.82. The molecule has 2 rings (SSSR count). The number of nitrogens with two attached hydrogens (primary N) is 1. The fourth-order valence-electron chi connectivity index (χ4n) is 2.98. The van der Waals surface area contributed by atoms with E-state index < -0.39 is 5.41 Å². The summed E-state index contributed by atoms with van der Waals surface area (Å²) in [6.07, 6.45) is 0.785. The van der Waals surface area contributed by atoms with E-state index in [1.807, 2.05) is 39.0 Å². The molecule has 24 heavy (non-hydrogen) atoms. The molecule has 6 heteroatoms. The largest absolute Gasteiger partial charge is 0.398 e. The number of ketones is 1. The zero-order chi connectivity index (χ0) is 18.1. The van der Waals surface area contributed by atoms with Gasteiger partial charge in [-0.15, -0.1) is 5.06 Å². The van der Waals surface area contributed by atoms with Crippen molar-refractivity contribution >= 4 is 33.4 Å². The lowest BCUT2D eigenvalue weighted by Crippen LogP contribution is -2.33. The first kappa shape index (κ1) is 18.9. The molecule has 1 heterocycles. The number of carbonyl (C=O) groups excluding carboxylic acids is 2. The van der Waals surface area contributed by atoms with Crippen LogP contribution < -0.4 is 5.73 Å². The molecule has 0 aromatic heterocycles. The Bertz CT molecular complexity index is 640. The van der Waals surface area contributed by atoms with Crippen molar-refractivity contribution in [2.45, 2.75) is 40.0 Å². The van der Waals surface area contributed by atoms with Gasteiger partial charge in [-0.3, -0.25) is 4.79 Å². The number of hydrogen-bond donors (Lipinski definition) is 1. The highest BCUT2D eigenvalue weighted by atomic mass is 79.9. The molecule has 0 aliphatic carbocycles. The zero-order valence-corrected chi connectivity index (χ0v) is 16.2. The monoisotopic (exact) mass is 396 g/mol. The second-order valence-corrected chi connectivity index (χ2v) is 8.34. The predicted molar refractivity (Wildman–Crippen MR) is 97.2 cm³/mol. The molecule has 0 amide bonds. The SMILES string of the molecule is CC(=O)C(c1cc(Br)ccc1N)C1CCN(OC(=O)C(C)(C)C)C1. The highest BCUT2D eigenvalue weighted by molar-refractivity contribution is 9.10. The van der Waals surface area contributed by atoms with E-state index in [1.165, 1.54) is 0 Å². The van der Waals surface area contributed by atoms with E-state index in [9.17, 15) is 9.59 Å². The van der Waals surface area contributed by atoms with E-state index >= 15 is 0 Å². The van der Waals surface area contributed by atoms with Crippen molar-refractivity contribution in [2.24, 2.45) is 11.3 Å². The van der Waals surface area contributed by atoms with Gasteiger partial charge in [0.15, 0.2) is 0 Å². The van der Waals surface area contributed by atoms with Gasteiger partial charge in [0.25, 0.3) is 0 Å². The number of rotatable bonds is 4. The van der Waals surface area contributed by atoms with Crippen molar-refractivity contribution in [2.75, 3.05) is 18.8 Å². The molecule has 1 aliphatic rings. The quantitative estimate of drug-likeness (QED) is 0.787. The zero-order valence-electron chi connectivity index (χ0n) is 14.6. The first-order valence-corrected chi connectivity index (χ1v) is 8.91. The number of hydroxylamine groups is 2. The maximum absolute atomic E-state index is 12.3. The van der Waals surface area contributed by atoms with Gasteiger partial charge >= 0.3 is 5.97 Å². The summed E-state index contributed by atoms with van der Waals surface area (Å²) in [7, 11) is 0. The smallest absolute Gasteiger partial charge is 0.330 e. The summed E-state index contributed by atoms with van der Waals surface area (Å²) in [4.78, 5) is 29.8. The third-order valence-electron chi connectivity index (χ3n) is 4.31. The summed E-state index contributed by atoms with van der Waals surface area (Å²) < 4.78 is 0.895. The maximum atomic E-state index is 12.3. The van der Waals surface area contributed by atoms with E-state index in [0.717, 1.165) is 16.5 Å². The minimum atomic E-state index is -0.549. The van der Waals surface area contributed by atoms with E-state index in [2.05, 4.69) is 15.9 Å². The van der Waals surface area contributed by atoms with Gasteiger partial charge in [-0.2, -0.15) is 0 Å². The van der Waals surface area contributed by atoms with Gasteiger partial charge in [-0.1, -0.05) is 15.9 Å². The van der Waals surface area contributed by atoms with Crippen molar-refractivity contribution in [1.29, 1.82) is 0 Å². The predicted octanol–water partition coefficient (Wildman–Crippen LogP) is 3.53. The molecule has 1 aromatic carbocycles. The standard InChI is InChI=1S/C18H25BrN2O3/c1-11(22)16(14-9-13(19)5-6-15(14)20)12-7-8-21(10-12)24-17(23)18(2,3)4/h5-6,9,12,16H,7-8,10,20H2,1-4H3. The van der Waals surface area contributed by atoms with Crippen LogP contribution in [0.4, 0.5) is 5.69 Å². The van der Waals surface area contributed by atoms with Crippen LogP contribution in [0.2, 0.25) is 0 Å². The summed E-state index contributed by atoms with van der Waals surface area (Å²) in [6, 6.07) is 5.58. The first-order chi connectivity index (χ1) is 11.1. The molecule has 1 saturated heterocycles. The Morgan fingerprint density at radius 3 is 2.62 bits per heavy atom. The van der Waals surface area contributed by atoms with E-state index in [0.29, 0.717) is 18.8 Å². The van der Waals surface area contributed by atoms with Gasteiger partial charge in [0.1, 0.15) is 5.78 Å². The lowest BCUT2D eigenvalue weighted by Gasteiger charge is -2.25. The van der Waals surface area contributed by atoms with Crippen LogP contribution in [0.1, 0.15) is 45.6 Å². The van der Waals surface area contributed by atoms with E-state index in [1.54, 1.807) is 12.0 Å². The van der Waals surface area contributed by atoms with Crippen molar-refractivity contribution in [3.63, 3.8) is 0 Å². The maximum Gasteiger partial charge on any atom is 0.330 e. The Kier molecular flexibility index (Phi) is 5.71. The Balaban J connectivity index is 2.15. The summed E-state index contributed by atoms with van der Waals surface area (Å²) in [5.41, 5.74) is 7.00. The fourth-order valence-corrected chi connectivity index (χ4v) is 3.36. The molecule has 2 N–H and O–H groups in total. The number of Topliss-reactive ketones (excluding diaryl/α,β-unsaturated/α-hetero) is 1. The minimum Gasteiger partial charge on any atom is -0.398 e. The third-order valence-corrected chi connectivity index (χ3v) is 4.80. The molecule has 2 unspecified atom stereocenters. The van der Waals surface area contributed by atoms with Crippen molar-refractivity contribution < 1.29 is 14.4 Å². The number of halogens is 1. The van der Waals surface area contributed by atoms with Gasteiger partial charge in [-0.25, -0.2) is 4.79 Å². The molecule has 1 fully saturated rings. The Hall–Kier alpha value is -1.40. The molecular formula is C18H25BrN2O3. The molecule has 5 nitrogen and oxygen atoms in total. The molecular weight excluding hydrogens is 372 g/mol. The number of hydrogen-bond acceptors (Lipinski definition) is 5. The molecule has 0 saturated carbocycles. The third kappa shape index (κ3) is 4.36. The van der Waals surface area contributed by atoms with Crippen LogP contribution in [-0.2, 0) is 14.4 Å². The molecule has 0 spiro atoms. The van der Waals surface area contributed by atoms with E-state index in [-0.39, 0.29) is 23.6 Å². The number of nitrogen functional groups attached to an aromatic ring is 1. The fraction of sp³-hybridized carbons (Fsp3) is 0.556. The van der Waals surface area contributed by atoms with Crippen molar-refractivity contribution in [3.05, 3.63) is 28.2 Å². The number of anilines is 1. The lowest BCUT2D eigenvalue weighted by molar-refractivity contribution is -0.196. The van der Waals surface area contributed by atoms with Crippen LogP contribution in [0.5, 0.6) is 0 Å². The number of nitrogens with zero attached hydrogens (tertiary/aromatic N) is 1. The second-order valence-electron chi connectivity index (χ2n) is 7.43. The van der Waals surface area contributed by atoms with Crippen LogP contribution in [0.15, 0.2) is 22.7 Å². The van der Waals surface area contributed by atoms with Gasteiger partial charge in [0.05, 0.1) is 5.41 Å². The van der Waals surface area contributed by atoms with Crippen LogP contribution in [-0.4, -0.2) is 29.9 Å². The Morgan fingerprint density at radius 1 is 1.38 bits per heavy atom. The normalized spacial score (nSPS) is 20.0.